The van der Waals surface area contributed by atoms with Crippen LogP contribution in [0, 0.1) is 5.82 Å². The lowest BCUT2D eigenvalue weighted by atomic mass is 10.2. The number of rotatable bonds is 1. The molecule has 0 spiro atoms. The summed E-state index contributed by atoms with van der Waals surface area (Å²) in [5, 5.41) is 2.28. The minimum atomic E-state index is -0.297. The molecule has 0 fully saturated rings. The molecule has 0 unspecified atom stereocenters. The molecule has 13 heavy (non-hydrogen) atoms. The summed E-state index contributed by atoms with van der Waals surface area (Å²) in [6, 6.07) is 2.99. The minimum Gasteiger partial charge on any atom is -0.298 e. The number of hydrogen-bond donors (Lipinski definition) is 0. The zero-order chi connectivity index (χ0) is 9.42. The molecule has 0 amide bonds. The molecule has 66 valence electrons. The van der Waals surface area contributed by atoms with E-state index in [1.54, 1.807) is 11.4 Å². The maximum absolute atomic E-state index is 13.3. The number of aldehydes is 1. The van der Waals surface area contributed by atoms with Crippen LogP contribution < -0.4 is 0 Å². The number of halogens is 2. The van der Waals surface area contributed by atoms with Gasteiger partial charge in [0.25, 0.3) is 0 Å². The van der Waals surface area contributed by atoms with Gasteiger partial charge in [-0.2, -0.15) is 0 Å². The van der Waals surface area contributed by atoms with Crippen LogP contribution in [-0.4, -0.2) is 6.29 Å². The SMILES string of the molecule is O=Cc1c(Br)cc(F)c2ccsc12. The maximum Gasteiger partial charge on any atom is 0.152 e. The molecule has 0 saturated heterocycles. The van der Waals surface area contributed by atoms with E-state index in [1.165, 1.54) is 17.4 Å². The van der Waals surface area contributed by atoms with Crippen LogP contribution in [0.5, 0.6) is 0 Å². The molecule has 1 aromatic carbocycles. The van der Waals surface area contributed by atoms with Gasteiger partial charge in [0.1, 0.15) is 5.82 Å². The third-order valence-electron chi connectivity index (χ3n) is 1.80. The molecule has 0 aliphatic carbocycles. The highest BCUT2D eigenvalue weighted by Gasteiger charge is 2.10. The van der Waals surface area contributed by atoms with Crippen molar-refractivity contribution in [1.82, 2.24) is 0 Å². The van der Waals surface area contributed by atoms with Gasteiger partial charge in [0, 0.05) is 20.1 Å². The van der Waals surface area contributed by atoms with Crippen molar-refractivity contribution >= 4 is 43.6 Å². The number of hydrogen-bond acceptors (Lipinski definition) is 2. The van der Waals surface area contributed by atoms with Gasteiger partial charge in [-0.25, -0.2) is 4.39 Å². The van der Waals surface area contributed by atoms with Gasteiger partial charge in [-0.1, -0.05) is 0 Å². The molecule has 0 N–H and O–H groups in total. The fourth-order valence-corrected chi connectivity index (χ4v) is 2.73. The Morgan fingerprint density at radius 3 is 3.00 bits per heavy atom. The molecule has 4 heteroatoms. The van der Waals surface area contributed by atoms with Crippen LogP contribution in [0.15, 0.2) is 22.0 Å². The van der Waals surface area contributed by atoms with Crippen LogP contribution in [-0.2, 0) is 0 Å². The second-order valence-electron chi connectivity index (χ2n) is 2.54. The lowest BCUT2D eigenvalue weighted by molar-refractivity contribution is 0.112. The van der Waals surface area contributed by atoms with Crippen molar-refractivity contribution in [2.75, 3.05) is 0 Å². The van der Waals surface area contributed by atoms with Gasteiger partial charge in [-0.15, -0.1) is 11.3 Å². The molecule has 2 rings (SSSR count). The monoisotopic (exact) mass is 258 g/mol. The van der Waals surface area contributed by atoms with Crippen molar-refractivity contribution in [3.63, 3.8) is 0 Å². The first-order valence-electron chi connectivity index (χ1n) is 3.54. The summed E-state index contributed by atoms with van der Waals surface area (Å²) in [5.74, 6) is -0.297. The number of benzene rings is 1. The number of thiophene rings is 1. The topological polar surface area (TPSA) is 17.1 Å². The molecule has 2 aromatic rings. The maximum atomic E-state index is 13.3. The molecule has 0 atom stereocenters. The van der Waals surface area contributed by atoms with Gasteiger partial charge in [-0.05, 0) is 33.4 Å². The van der Waals surface area contributed by atoms with Crippen molar-refractivity contribution in [1.29, 1.82) is 0 Å². The normalized spacial score (nSPS) is 10.6. The van der Waals surface area contributed by atoms with E-state index < -0.39 is 0 Å². The van der Waals surface area contributed by atoms with Crippen LogP contribution in [0.4, 0.5) is 4.39 Å². The molecule has 0 radical (unpaired) electrons. The van der Waals surface area contributed by atoms with E-state index in [-0.39, 0.29) is 5.82 Å². The summed E-state index contributed by atoms with van der Waals surface area (Å²) < 4.78 is 14.5. The van der Waals surface area contributed by atoms with Crippen LogP contribution >= 0.6 is 27.3 Å². The second kappa shape index (κ2) is 3.20. The number of carbonyl (C=O) groups excluding carboxylic acids is 1. The van der Waals surface area contributed by atoms with E-state index >= 15 is 0 Å². The highest BCUT2D eigenvalue weighted by Crippen LogP contribution is 2.31. The largest absolute Gasteiger partial charge is 0.298 e. The van der Waals surface area contributed by atoms with Crippen molar-refractivity contribution in [3.8, 4) is 0 Å². The van der Waals surface area contributed by atoms with Crippen molar-refractivity contribution in [3.05, 3.63) is 33.4 Å². The van der Waals surface area contributed by atoms with Gasteiger partial charge in [0.15, 0.2) is 6.29 Å². The average molecular weight is 259 g/mol. The standard InChI is InChI=1S/C9H4BrFOS/c10-7-3-8(11)5-1-2-13-9(5)6(7)4-12/h1-4H. The van der Waals surface area contributed by atoms with Crippen molar-refractivity contribution in [2.45, 2.75) is 0 Å². The Hall–Kier alpha value is -0.740. The van der Waals surface area contributed by atoms with Gasteiger partial charge in [0.2, 0.25) is 0 Å². The average Bonchev–Trinajstić information content (AvgIpc) is 2.53. The predicted octanol–water partition coefficient (Wildman–Crippen LogP) is 3.62. The zero-order valence-corrected chi connectivity index (χ0v) is 8.78. The molecule has 1 aromatic heterocycles. The molecule has 1 heterocycles. The first kappa shape index (κ1) is 8.84. The Morgan fingerprint density at radius 2 is 2.31 bits per heavy atom. The fourth-order valence-electron chi connectivity index (χ4n) is 1.19. The third kappa shape index (κ3) is 1.30. The summed E-state index contributed by atoms with van der Waals surface area (Å²) in [6.07, 6.45) is 0.738. The van der Waals surface area contributed by atoms with Crippen LogP contribution in [0.2, 0.25) is 0 Å². The predicted molar refractivity (Wildman–Crippen MR) is 54.9 cm³/mol. The van der Waals surface area contributed by atoms with Crippen LogP contribution in [0.3, 0.4) is 0 Å². The van der Waals surface area contributed by atoms with Crippen LogP contribution in [0.25, 0.3) is 10.1 Å². The first-order chi connectivity index (χ1) is 6.24. The summed E-state index contributed by atoms with van der Waals surface area (Å²) in [5.41, 5.74) is 0.520. The Balaban J connectivity index is 2.96. The van der Waals surface area contributed by atoms with Crippen molar-refractivity contribution < 1.29 is 9.18 Å². The van der Waals surface area contributed by atoms with Gasteiger partial charge >= 0.3 is 0 Å². The summed E-state index contributed by atoms with van der Waals surface area (Å²) >= 11 is 4.51. The second-order valence-corrected chi connectivity index (χ2v) is 4.31. The van der Waals surface area contributed by atoms with Gasteiger partial charge in [-0.3, -0.25) is 4.79 Å². The summed E-state index contributed by atoms with van der Waals surface area (Å²) in [4.78, 5) is 10.7. The lowest BCUT2D eigenvalue weighted by Crippen LogP contribution is -1.85. The smallest absolute Gasteiger partial charge is 0.152 e. The zero-order valence-electron chi connectivity index (χ0n) is 6.38. The van der Waals surface area contributed by atoms with E-state index in [9.17, 15) is 9.18 Å². The Labute approximate surface area is 86.3 Å². The minimum absolute atomic E-state index is 0.297. The van der Waals surface area contributed by atoms with Crippen molar-refractivity contribution in [2.24, 2.45) is 0 Å². The summed E-state index contributed by atoms with van der Waals surface area (Å²) in [7, 11) is 0. The Bertz CT molecular complexity index is 478. The highest BCUT2D eigenvalue weighted by atomic mass is 79.9. The molecule has 0 bridgehead atoms. The molecular weight excluding hydrogens is 255 g/mol. The molecule has 0 aliphatic heterocycles. The molecule has 1 nitrogen and oxygen atoms in total. The van der Waals surface area contributed by atoms with E-state index in [0.717, 1.165) is 6.29 Å². The van der Waals surface area contributed by atoms with Gasteiger partial charge in [0.05, 0.1) is 0 Å². The molecule has 0 aliphatic rings. The van der Waals surface area contributed by atoms with E-state index in [2.05, 4.69) is 15.9 Å². The number of fused-ring (bicyclic) bond motifs is 1. The fraction of sp³-hybridized carbons (Fsp3) is 0. The number of carbonyl (C=O) groups is 1. The third-order valence-corrected chi connectivity index (χ3v) is 3.40. The van der Waals surface area contributed by atoms with E-state index in [0.29, 0.717) is 20.1 Å². The quantitative estimate of drug-likeness (QED) is 0.715. The Morgan fingerprint density at radius 1 is 1.54 bits per heavy atom. The van der Waals surface area contributed by atoms with E-state index in [4.69, 9.17) is 0 Å². The lowest BCUT2D eigenvalue weighted by Gasteiger charge is -1.99. The van der Waals surface area contributed by atoms with Crippen LogP contribution in [0.1, 0.15) is 10.4 Å². The summed E-state index contributed by atoms with van der Waals surface area (Å²) in [6.45, 7) is 0. The highest BCUT2D eigenvalue weighted by molar-refractivity contribution is 9.10. The van der Waals surface area contributed by atoms with E-state index in [1.807, 2.05) is 0 Å². The van der Waals surface area contributed by atoms with Gasteiger partial charge < -0.3 is 0 Å². The first-order valence-corrected chi connectivity index (χ1v) is 5.21. The Kier molecular flexibility index (Phi) is 2.17. The molecular formula is C9H4BrFOS. The molecule has 0 saturated carbocycles.